The molecule has 1 saturated carbocycles. The first-order chi connectivity index (χ1) is 9.58. The predicted molar refractivity (Wildman–Crippen MR) is 73.2 cm³/mol. The largest absolute Gasteiger partial charge is 0.481 e. The van der Waals surface area contributed by atoms with Crippen LogP contribution in [0.3, 0.4) is 0 Å². The second-order valence-corrected chi connectivity index (χ2v) is 5.57. The van der Waals surface area contributed by atoms with Crippen LogP contribution in [0.5, 0.6) is 0 Å². The Morgan fingerprint density at radius 1 is 1.30 bits per heavy atom. The SMILES string of the molecule is O=C(O)C1C2C=CC(C2)C1C(=O)Nc1ncccc1Cl. The van der Waals surface area contributed by atoms with Crippen LogP contribution in [-0.2, 0) is 9.59 Å². The second kappa shape index (κ2) is 4.90. The highest BCUT2D eigenvalue weighted by Gasteiger charge is 2.51. The Kier molecular flexibility index (Phi) is 3.22. The zero-order chi connectivity index (χ0) is 14.3. The minimum absolute atomic E-state index is 0.0106. The van der Waals surface area contributed by atoms with Crippen molar-refractivity contribution in [3.63, 3.8) is 0 Å². The lowest BCUT2D eigenvalue weighted by atomic mass is 9.82. The number of carbonyl (C=O) groups excluding carboxylic acids is 1. The number of nitrogens with zero attached hydrogens (tertiary/aromatic N) is 1. The van der Waals surface area contributed by atoms with Gasteiger partial charge in [-0.15, -0.1) is 0 Å². The fraction of sp³-hybridized carbons (Fsp3) is 0.357. The van der Waals surface area contributed by atoms with Crippen molar-refractivity contribution in [1.29, 1.82) is 0 Å². The smallest absolute Gasteiger partial charge is 0.307 e. The molecule has 0 aliphatic heterocycles. The van der Waals surface area contributed by atoms with E-state index in [4.69, 9.17) is 11.6 Å². The Hall–Kier alpha value is -1.88. The van der Waals surface area contributed by atoms with Crippen molar-refractivity contribution in [2.24, 2.45) is 23.7 Å². The zero-order valence-electron chi connectivity index (χ0n) is 10.5. The average molecular weight is 293 g/mol. The van der Waals surface area contributed by atoms with E-state index in [9.17, 15) is 14.7 Å². The predicted octanol–water partition coefficient (Wildman–Crippen LogP) is 2.20. The van der Waals surface area contributed by atoms with Crippen LogP contribution in [0.15, 0.2) is 30.5 Å². The highest BCUT2D eigenvalue weighted by atomic mass is 35.5. The van der Waals surface area contributed by atoms with E-state index in [1.807, 2.05) is 12.2 Å². The van der Waals surface area contributed by atoms with E-state index < -0.39 is 17.8 Å². The van der Waals surface area contributed by atoms with Gasteiger partial charge >= 0.3 is 5.97 Å². The Balaban J connectivity index is 1.82. The molecule has 1 heterocycles. The molecule has 5 nitrogen and oxygen atoms in total. The van der Waals surface area contributed by atoms with Crippen molar-refractivity contribution in [3.05, 3.63) is 35.5 Å². The highest BCUT2D eigenvalue weighted by Crippen LogP contribution is 2.48. The van der Waals surface area contributed by atoms with Gasteiger partial charge in [0, 0.05) is 6.20 Å². The third kappa shape index (κ3) is 2.08. The molecule has 3 rings (SSSR count). The standard InChI is InChI=1S/C14H13ClN2O3/c15-9-2-1-5-16-12(9)17-13(18)10-7-3-4-8(6-7)11(10)14(19)20/h1-5,7-8,10-11H,6H2,(H,19,20)(H,16,17,18). The number of anilines is 1. The van der Waals surface area contributed by atoms with Crippen molar-refractivity contribution in [3.8, 4) is 0 Å². The monoisotopic (exact) mass is 292 g/mol. The van der Waals surface area contributed by atoms with Crippen molar-refractivity contribution < 1.29 is 14.7 Å². The quantitative estimate of drug-likeness (QED) is 0.837. The number of rotatable bonds is 3. The maximum absolute atomic E-state index is 12.4. The summed E-state index contributed by atoms with van der Waals surface area (Å²) < 4.78 is 0. The molecule has 2 aliphatic carbocycles. The lowest BCUT2D eigenvalue weighted by Crippen LogP contribution is -2.36. The third-order valence-electron chi connectivity index (χ3n) is 4.05. The van der Waals surface area contributed by atoms with Gasteiger partial charge in [-0.2, -0.15) is 0 Å². The summed E-state index contributed by atoms with van der Waals surface area (Å²) in [5, 5.41) is 12.3. The molecule has 0 spiro atoms. The van der Waals surface area contributed by atoms with Crippen LogP contribution in [0.4, 0.5) is 5.82 Å². The number of aromatic nitrogens is 1. The molecule has 104 valence electrons. The summed E-state index contributed by atoms with van der Waals surface area (Å²) in [4.78, 5) is 27.7. The molecule has 1 amide bonds. The van der Waals surface area contributed by atoms with E-state index in [0.717, 1.165) is 6.42 Å². The Bertz CT molecular complexity index is 602. The van der Waals surface area contributed by atoms with E-state index in [-0.39, 0.29) is 23.6 Å². The van der Waals surface area contributed by atoms with Gasteiger partial charge in [0.15, 0.2) is 5.82 Å². The summed E-state index contributed by atoms with van der Waals surface area (Å²) in [6.07, 6.45) is 6.09. The normalized spacial score (nSPS) is 30.4. The highest BCUT2D eigenvalue weighted by molar-refractivity contribution is 6.33. The molecule has 2 N–H and O–H groups in total. The number of allylic oxidation sites excluding steroid dienone is 2. The van der Waals surface area contributed by atoms with Gasteiger partial charge in [-0.3, -0.25) is 9.59 Å². The van der Waals surface area contributed by atoms with E-state index in [2.05, 4.69) is 10.3 Å². The molecular formula is C14H13ClN2O3. The molecule has 0 radical (unpaired) electrons. The fourth-order valence-corrected chi connectivity index (χ4v) is 3.36. The number of carboxylic acids is 1. The van der Waals surface area contributed by atoms with E-state index >= 15 is 0 Å². The number of fused-ring (bicyclic) bond motifs is 2. The van der Waals surface area contributed by atoms with Gasteiger partial charge < -0.3 is 10.4 Å². The molecule has 1 aromatic rings. The second-order valence-electron chi connectivity index (χ2n) is 5.16. The van der Waals surface area contributed by atoms with Crippen LogP contribution in [0.25, 0.3) is 0 Å². The van der Waals surface area contributed by atoms with Crippen LogP contribution in [0, 0.1) is 23.7 Å². The van der Waals surface area contributed by atoms with E-state index in [1.165, 1.54) is 6.20 Å². The van der Waals surface area contributed by atoms with Crippen LogP contribution in [0.1, 0.15) is 6.42 Å². The van der Waals surface area contributed by atoms with E-state index in [0.29, 0.717) is 5.02 Å². The molecule has 1 fully saturated rings. The summed E-state index contributed by atoms with van der Waals surface area (Å²) in [6, 6.07) is 3.29. The number of hydrogen-bond acceptors (Lipinski definition) is 3. The van der Waals surface area contributed by atoms with Gasteiger partial charge in [0.1, 0.15) is 0 Å². The Morgan fingerprint density at radius 2 is 2.00 bits per heavy atom. The molecule has 4 atom stereocenters. The minimum atomic E-state index is -0.922. The van der Waals surface area contributed by atoms with Gasteiger partial charge in [-0.05, 0) is 30.4 Å². The van der Waals surface area contributed by atoms with Crippen molar-refractivity contribution in [2.45, 2.75) is 6.42 Å². The summed E-state index contributed by atoms with van der Waals surface area (Å²) in [5.74, 6) is -2.25. The molecule has 4 unspecified atom stereocenters. The molecule has 0 saturated heterocycles. The molecule has 2 bridgehead atoms. The minimum Gasteiger partial charge on any atom is -0.481 e. The average Bonchev–Trinajstić information content (AvgIpc) is 3.01. The van der Waals surface area contributed by atoms with Crippen LogP contribution in [-0.4, -0.2) is 22.0 Å². The van der Waals surface area contributed by atoms with Gasteiger partial charge in [0.2, 0.25) is 5.91 Å². The Morgan fingerprint density at radius 3 is 2.65 bits per heavy atom. The molecular weight excluding hydrogens is 280 g/mol. The van der Waals surface area contributed by atoms with Crippen LogP contribution >= 0.6 is 11.6 Å². The number of halogens is 1. The third-order valence-corrected chi connectivity index (χ3v) is 4.35. The number of amides is 1. The number of aliphatic carboxylic acids is 1. The topological polar surface area (TPSA) is 79.3 Å². The maximum atomic E-state index is 12.4. The molecule has 20 heavy (non-hydrogen) atoms. The maximum Gasteiger partial charge on any atom is 0.307 e. The first-order valence-corrected chi connectivity index (χ1v) is 6.78. The summed E-state index contributed by atoms with van der Waals surface area (Å²) in [5.41, 5.74) is 0. The first kappa shape index (κ1) is 13.1. The van der Waals surface area contributed by atoms with E-state index in [1.54, 1.807) is 12.1 Å². The van der Waals surface area contributed by atoms with Gasteiger partial charge in [-0.25, -0.2) is 4.98 Å². The number of nitrogens with one attached hydrogen (secondary N) is 1. The number of carboxylic acid groups (broad SMARTS) is 1. The van der Waals surface area contributed by atoms with Crippen molar-refractivity contribution in [1.82, 2.24) is 4.98 Å². The molecule has 2 aliphatic rings. The molecule has 6 heteroatoms. The van der Waals surface area contributed by atoms with Crippen LogP contribution in [0.2, 0.25) is 5.02 Å². The van der Waals surface area contributed by atoms with Crippen molar-refractivity contribution >= 4 is 29.3 Å². The van der Waals surface area contributed by atoms with Gasteiger partial charge in [0.05, 0.1) is 16.9 Å². The molecule has 1 aromatic heterocycles. The zero-order valence-corrected chi connectivity index (χ0v) is 11.2. The lowest BCUT2D eigenvalue weighted by molar-refractivity contribution is -0.146. The fourth-order valence-electron chi connectivity index (χ4n) is 3.19. The molecule has 0 aromatic carbocycles. The number of carbonyl (C=O) groups is 2. The van der Waals surface area contributed by atoms with Gasteiger partial charge in [-0.1, -0.05) is 23.8 Å². The van der Waals surface area contributed by atoms with Gasteiger partial charge in [0.25, 0.3) is 0 Å². The summed E-state index contributed by atoms with van der Waals surface area (Å²) >= 11 is 5.95. The summed E-state index contributed by atoms with van der Waals surface area (Å²) in [7, 11) is 0. The number of hydrogen-bond donors (Lipinski definition) is 2. The first-order valence-electron chi connectivity index (χ1n) is 6.40. The number of pyridine rings is 1. The van der Waals surface area contributed by atoms with Crippen molar-refractivity contribution in [2.75, 3.05) is 5.32 Å². The summed E-state index contributed by atoms with van der Waals surface area (Å²) in [6.45, 7) is 0. The lowest BCUT2D eigenvalue weighted by Gasteiger charge is -2.23. The Labute approximate surface area is 120 Å². The van der Waals surface area contributed by atoms with Crippen LogP contribution < -0.4 is 5.32 Å².